The monoisotopic (exact) mass is 436 g/mol. The molecule has 1 nitrogen and oxygen atoms in total. The van der Waals surface area contributed by atoms with Crippen LogP contribution in [0.4, 0.5) is 8.78 Å². The highest BCUT2D eigenvalue weighted by atomic mass is 28.3. The average Bonchev–Trinajstić information content (AvgIpc) is 2.77. The zero-order valence-corrected chi connectivity index (χ0v) is 20.4. The molecular formula is C26H42F2OSi. The van der Waals surface area contributed by atoms with Gasteiger partial charge in [-0.05, 0) is 62.0 Å². The van der Waals surface area contributed by atoms with Gasteiger partial charge < -0.3 is 4.74 Å². The molecule has 4 heteroatoms. The van der Waals surface area contributed by atoms with Crippen LogP contribution >= 0.6 is 0 Å². The van der Waals surface area contributed by atoms with E-state index in [1.54, 1.807) is 37.2 Å². The van der Waals surface area contributed by atoms with Crippen molar-refractivity contribution in [3.63, 3.8) is 0 Å². The lowest BCUT2D eigenvalue weighted by atomic mass is 9.73. The van der Waals surface area contributed by atoms with E-state index >= 15 is 0 Å². The van der Waals surface area contributed by atoms with Gasteiger partial charge in [0.05, 0.1) is 6.61 Å². The smallest absolute Gasteiger partial charge is 0.200 e. The van der Waals surface area contributed by atoms with Crippen molar-refractivity contribution in [2.24, 2.45) is 17.8 Å². The van der Waals surface area contributed by atoms with Gasteiger partial charge in [0, 0.05) is 8.80 Å². The highest BCUT2D eigenvalue weighted by Crippen LogP contribution is 2.42. The number of halogens is 2. The molecule has 0 radical (unpaired) electrons. The summed E-state index contributed by atoms with van der Waals surface area (Å²) in [6.45, 7) is 4.48. The van der Waals surface area contributed by atoms with Crippen LogP contribution in [0.25, 0.3) is 0 Å². The summed E-state index contributed by atoms with van der Waals surface area (Å²) in [5, 5.41) is 0. The molecule has 2 fully saturated rings. The van der Waals surface area contributed by atoms with Gasteiger partial charge in [-0.25, -0.2) is 4.39 Å². The lowest BCUT2D eigenvalue weighted by Gasteiger charge is -2.37. The van der Waals surface area contributed by atoms with Crippen LogP contribution in [0.3, 0.4) is 0 Å². The van der Waals surface area contributed by atoms with Gasteiger partial charge in [-0.1, -0.05) is 76.1 Å². The fourth-order valence-electron chi connectivity index (χ4n) is 6.09. The summed E-state index contributed by atoms with van der Waals surface area (Å²) in [6.07, 6.45) is 14.1. The van der Waals surface area contributed by atoms with Gasteiger partial charge in [0.15, 0.2) is 11.6 Å². The largest absolute Gasteiger partial charge is 0.491 e. The lowest BCUT2D eigenvalue weighted by molar-refractivity contribution is 0.184. The molecule has 1 saturated carbocycles. The molecular weight excluding hydrogens is 394 g/mol. The maximum atomic E-state index is 14.2. The fraction of sp³-hybridized carbons (Fsp3) is 0.769. The predicted molar refractivity (Wildman–Crippen MR) is 125 cm³/mol. The second-order valence-corrected chi connectivity index (χ2v) is 13.3. The van der Waals surface area contributed by atoms with E-state index < -0.39 is 11.6 Å². The second kappa shape index (κ2) is 12.2. The Kier molecular flexibility index (Phi) is 9.67. The van der Waals surface area contributed by atoms with Gasteiger partial charge in [-0.3, -0.25) is 0 Å². The van der Waals surface area contributed by atoms with Gasteiger partial charge in [0.2, 0.25) is 5.82 Å². The van der Waals surface area contributed by atoms with E-state index in [1.165, 1.54) is 51.4 Å². The third kappa shape index (κ3) is 6.55. The van der Waals surface area contributed by atoms with Crippen molar-refractivity contribution in [3.8, 4) is 5.75 Å². The van der Waals surface area contributed by atoms with Crippen LogP contribution < -0.4 is 4.74 Å². The van der Waals surface area contributed by atoms with Gasteiger partial charge >= 0.3 is 0 Å². The van der Waals surface area contributed by atoms with Crippen LogP contribution in [0.1, 0.15) is 83.6 Å². The predicted octanol–water partition coefficient (Wildman–Crippen LogP) is 7.93. The number of benzene rings is 1. The molecule has 30 heavy (non-hydrogen) atoms. The van der Waals surface area contributed by atoms with Gasteiger partial charge in [-0.15, -0.1) is 0 Å². The first kappa shape index (κ1) is 23.8. The summed E-state index contributed by atoms with van der Waals surface area (Å²) in [6, 6.07) is 8.05. The Bertz CT molecular complexity index is 634. The van der Waals surface area contributed by atoms with E-state index in [0.717, 1.165) is 30.6 Å². The first-order valence-corrected chi connectivity index (χ1v) is 15.2. The Balaban J connectivity index is 1.32. The highest BCUT2D eigenvalue weighted by Gasteiger charge is 2.30. The SMILES string of the molecule is CCC[SiH]1CCC([C@H]2CC[C@H](CCCCc3ccc(OCC)c(F)c3F)CC2)CC1. The molecule has 2 aliphatic rings. The Hall–Kier alpha value is -0.903. The Labute approximate surface area is 184 Å². The molecule has 0 unspecified atom stereocenters. The Morgan fingerprint density at radius 3 is 2.27 bits per heavy atom. The standard InChI is InChI=1S/C26H42F2OSi/c1-3-17-30-18-15-22(16-19-30)21-11-9-20(10-12-21)7-5-6-8-23-13-14-24(29-4-2)26(28)25(23)27/h13-14,20-22,30H,3-12,15-19H2,1-2H3/t20-,21-,22?,30?. The summed E-state index contributed by atoms with van der Waals surface area (Å²) in [4.78, 5) is 0. The third-order valence-electron chi connectivity index (χ3n) is 7.88. The summed E-state index contributed by atoms with van der Waals surface area (Å²) in [5.41, 5.74) is 0.488. The van der Waals surface area contributed by atoms with Crippen LogP contribution in [0.15, 0.2) is 12.1 Å². The maximum Gasteiger partial charge on any atom is 0.200 e. The fourth-order valence-corrected chi connectivity index (χ4v) is 9.57. The quantitative estimate of drug-likeness (QED) is 0.267. The molecule has 1 aromatic carbocycles. The molecule has 0 bridgehead atoms. The number of hydrogen-bond acceptors (Lipinski definition) is 1. The molecule has 0 spiro atoms. The van der Waals surface area contributed by atoms with Crippen LogP contribution in [-0.4, -0.2) is 15.4 Å². The number of rotatable bonds is 10. The van der Waals surface area contributed by atoms with Crippen molar-refractivity contribution in [2.75, 3.05) is 6.61 Å². The van der Waals surface area contributed by atoms with E-state index in [9.17, 15) is 8.78 Å². The number of unbranched alkanes of at least 4 members (excludes halogenated alkanes) is 1. The molecule has 0 aromatic heterocycles. The zero-order valence-electron chi connectivity index (χ0n) is 19.2. The van der Waals surface area contributed by atoms with Crippen molar-refractivity contribution >= 4 is 8.80 Å². The van der Waals surface area contributed by atoms with Crippen molar-refractivity contribution in [2.45, 2.75) is 103 Å². The first-order valence-electron chi connectivity index (χ1n) is 12.7. The molecule has 0 amide bonds. The van der Waals surface area contributed by atoms with E-state index in [-0.39, 0.29) is 14.5 Å². The Morgan fingerprint density at radius 2 is 1.60 bits per heavy atom. The van der Waals surface area contributed by atoms with Crippen molar-refractivity contribution < 1.29 is 13.5 Å². The molecule has 170 valence electrons. The van der Waals surface area contributed by atoms with Gasteiger partial charge in [0.25, 0.3) is 0 Å². The molecule has 3 rings (SSSR count). The summed E-state index contributed by atoms with van der Waals surface area (Å²) in [5.74, 6) is 1.35. The zero-order chi connectivity index (χ0) is 21.3. The lowest BCUT2D eigenvalue weighted by Crippen LogP contribution is -2.28. The number of ether oxygens (including phenoxy) is 1. The summed E-state index contributed by atoms with van der Waals surface area (Å²) >= 11 is 0. The van der Waals surface area contributed by atoms with Crippen LogP contribution in [0.5, 0.6) is 5.75 Å². The average molecular weight is 437 g/mol. The van der Waals surface area contributed by atoms with E-state index in [4.69, 9.17) is 4.74 Å². The van der Waals surface area contributed by atoms with E-state index in [1.807, 2.05) is 0 Å². The molecule has 1 aromatic rings. The summed E-state index contributed by atoms with van der Waals surface area (Å²) < 4.78 is 33.3. The molecule has 0 N–H and O–H groups in total. The van der Waals surface area contributed by atoms with E-state index in [0.29, 0.717) is 18.6 Å². The minimum absolute atomic E-state index is 0.0247. The first-order chi connectivity index (χ1) is 14.6. The minimum Gasteiger partial charge on any atom is -0.491 e. The van der Waals surface area contributed by atoms with Crippen molar-refractivity contribution in [1.29, 1.82) is 0 Å². The minimum atomic E-state index is -0.834. The normalized spacial score (nSPS) is 27.2. The van der Waals surface area contributed by atoms with Gasteiger partial charge in [-0.2, -0.15) is 4.39 Å². The Morgan fingerprint density at radius 1 is 0.900 bits per heavy atom. The molecule has 1 heterocycles. The van der Waals surface area contributed by atoms with Crippen molar-refractivity contribution in [3.05, 3.63) is 29.3 Å². The maximum absolute atomic E-state index is 14.2. The van der Waals surface area contributed by atoms with Crippen LogP contribution in [-0.2, 0) is 6.42 Å². The molecule has 1 aliphatic carbocycles. The van der Waals surface area contributed by atoms with E-state index in [2.05, 4.69) is 6.92 Å². The summed E-state index contributed by atoms with van der Waals surface area (Å²) in [7, 11) is -0.348. The molecule has 0 atom stereocenters. The molecule has 1 saturated heterocycles. The number of aryl methyl sites for hydroxylation is 1. The van der Waals surface area contributed by atoms with Gasteiger partial charge in [0.1, 0.15) is 0 Å². The topological polar surface area (TPSA) is 9.23 Å². The highest BCUT2D eigenvalue weighted by molar-refractivity contribution is 6.58. The second-order valence-electron chi connectivity index (χ2n) is 9.88. The van der Waals surface area contributed by atoms with Crippen molar-refractivity contribution in [1.82, 2.24) is 0 Å². The third-order valence-corrected chi connectivity index (χ3v) is 11.6. The molecule has 1 aliphatic heterocycles. The van der Waals surface area contributed by atoms with Crippen LogP contribution in [0.2, 0.25) is 18.1 Å². The van der Waals surface area contributed by atoms with Crippen LogP contribution in [0, 0.1) is 29.4 Å². The number of hydrogen-bond donors (Lipinski definition) is 0.